The molecule has 0 aliphatic heterocycles. The van der Waals surface area contributed by atoms with Crippen molar-refractivity contribution in [2.24, 2.45) is 23.0 Å². The van der Waals surface area contributed by atoms with Gasteiger partial charge in [-0.05, 0) is 62.8 Å². The van der Waals surface area contributed by atoms with E-state index in [-0.39, 0.29) is 5.54 Å². The van der Waals surface area contributed by atoms with Gasteiger partial charge in [-0.15, -0.1) is 0 Å². The van der Waals surface area contributed by atoms with E-state index in [1.807, 2.05) is 0 Å². The molecule has 2 atom stereocenters. The molecule has 2 nitrogen and oxygen atoms in total. The molecule has 2 N–H and O–H groups in total. The Morgan fingerprint density at radius 2 is 1.62 bits per heavy atom. The lowest BCUT2D eigenvalue weighted by Crippen LogP contribution is -2.59. The van der Waals surface area contributed by atoms with Crippen molar-refractivity contribution in [3.05, 3.63) is 0 Å². The minimum absolute atomic E-state index is 0.276. The van der Waals surface area contributed by atoms with Crippen LogP contribution in [0.2, 0.25) is 0 Å². The summed E-state index contributed by atoms with van der Waals surface area (Å²) < 4.78 is 0. The van der Waals surface area contributed by atoms with Crippen LogP contribution < -0.4 is 5.73 Å². The van der Waals surface area contributed by atoms with E-state index < -0.39 is 0 Å². The molecule has 0 aromatic heterocycles. The quantitative estimate of drug-likeness (QED) is 0.834. The molecular weight excluding hydrogens is 256 g/mol. The Bertz CT molecular complexity index is 323. The van der Waals surface area contributed by atoms with Crippen LogP contribution in [-0.2, 0) is 0 Å². The van der Waals surface area contributed by atoms with Crippen LogP contribution in [0.5, 0.6) is 0 Å². The fourth-order valence-electron chi connectivity index (χ4n) is 4.95. The predicted octanol–water partition coefficient (Wildman–Crippen LogP) is 4.43. The highest BCUT2D eigenvalue weighted by Gasteiger charge is 2.43. The third-order valence-electron chi connectivity index (χ3n) is 6.83. The largest absolute Gasteiger partial charge is 0.329 e. The molecule has 0 amide bonds. The fourth-order valence-corrected chi connectivity index (χ4v) is 4.95. The topological polar surface area (TPSA) is 29.3 Å². The van der Waals surface area contributed by atoms with Crippen LogP contribution in [0, 0.1) is 17.3 Å². The first-order valence-corrected chi connectivity index (χ1v) is 9.23. The van der Waals surface area contributed by atoms with Crippen molar-refractivity contribution >= 4 is 0 Å². The lowest BCUT2D eigenvalue weighted by atomic mass is 9.66. The van der Waals surface area contributed by atoms with Crippen LogP contribution in [0.3, 0.4) is 0 Å². The lowest BCUT2D eigenvalue weighted by molar-refractivity contribution is -0.0140. The zero-order chi connectivity index (χ0) is 15.7. The first-order chi connectivity index (χ1) is 9.80. The lowest BCUT2D eigenvalue weighted by Gasteiger charge is -2.52. The van der Waals surface area contributed by atoms with Crippen LogP contribution >= 0.6 is 0 Å². The van der Waals surface area contributed by atoms with Gasteiger partial charge in [0.1, 0.15) is 0 Å². The number of hydrogen-bond acceptors (Lipinski definition) is 2. The normalized spacial score (nSPS) is 38.7. The molecule has 2 aliphatic carbocycles. The van der Waals surface area contributed by atoms with E-state index in [0.29, 0.717) is 5.41 Å². The van der Waals surface area contributed by atoms with Gasteiger partial charge in [0.25, 0.3) is 0 Å². The van der Waals surface area contributed by atoms with Gasteiger partial charge < -0.3 is 5.73 Å². The highest BCUT2D eigenvalue weighted by molar-refractivity contribution is 4.99. The van der Waals surface area contributed by atoms with Crippen molar-refractivity contribution in [3.63, 3.8) is 0 Å². The number of hydrogen-bond donors (Lipinski definition) is 1. The second kappa shape index (κ2) is 6.58. The average molecular weight is 295 g/mol. The van der Waals surface area contributed by atoms with Crippen molar-refractivity contribution in [2.45, 2.75) is 90.6 Å². The first-order valence-electron chi connectivity index (χ1n) is 9.23. The second-order valence-corrected chi connectivity index (χ2v) is 9.01. The summed E-state index contributed by atoms with van der Waals surface area (Å²) in [7, 11) is 2.37. The summed E-state index contributed by atoms with van der Waals surface area (Å²) >= 11 is 0. The van der Waals surface area contributed by atoms with E-state index in [1.165, 1.54) is 51.4 Å². The van der Waals surface area contributed by atoms with Crippen LogP contribution in [-0.4, -0.2) is 30.1 Å². The van der Waals surface area contributed by atoms with E-state index in [1.54, 1.807) is 0 Å². The van der Waals surface area contributed by atoms with Crippen molar-refractivity contribution in [3.8, 4) is 0 Å². The maximum Gasteiger partial charge on any atom is 0.0331 e. The minimum atomic E-state index is 0.276. The molecule has 2 fully saturated rings. The highest BCUT2D eigenvalue weighted by Crippen LogP contribution is 2.44. The van der Waals surface area contributed by atoms with Gasteiger partial charge in [-0.25, -0.2) is 0 Å². The summed E-state index contributed by atoms with van der Waals surface area (Å²) in [6, 6.07) is 0.758. The maximum absolute atomic E-state index is 6.30. The maximum atomic E-state index is 6.30. The van der Waals surface area contributed by atoms with Crippen LogP contribution in [0.4, 0.5) is 0 Å². The number of nitrogens with two attached hydrogens (primary N) is 1. The van der Waals surface area contributed by atoms with E-state index in [0.717, 1.165) is 24.4 Å². The van der Waals surface area contributed by atoms with Crippen molar-refractivity contribution in [1.82, 2.24) is 4.90 Å². The molecule has 2 saturated carbocycles. The Balaban J connectivity index is 2.05. The molecule has 124 valence electrons. The van der Waals surface area contributed by atoms with Gasteiger partial charge >= 0.3 is 0 Å². The molecule has 2 heteroatoms. The minimum Gasteiger partial charge on any atom is -0.329 e. The molecular formula is C19H38N2. The van der Waals surface area contributed by atoms with Crippen molar-refractivity contribution < 1.29 is 0 Å². The Morgan fingerprint density at radius 3 is 2.10 bits per heavy atom. The Labute approximate surface area is 132 Å². The molecule has 21 heavy (non-hydrogen) atoms. The number of nitrogens with zero attached hydrogens (tertiary/aromatic N) is 1. The summed E-state index contributed by atoms with van der Waals surface area (Å²) in [5, 5.41) is 0. The van der Waals surface area contributed by atoms with Crippen LogP contribution in [0.25, 0.3) is 0 Å². The van der Waals surface area contributed by atoms with E-state index in [2.05, 4.69) is 39.6 Å². The van der Waals surface area contributed by atoms with Crippen LogP contribution in [0.15, 0.2) is 0 Å². The third kappa shape index (κ3) is 3.64. The van der Waals surface area contributed by atoms with Gasteiger partial charge in [0.2, 0.25) is 0 Å². The summed E-state index contributed by atoms with van der Waals surface area (Å²) in [5.41, 5.74) is 7.04. The summed E-state index contributed by atoms with van der Waals surface area (Å²) in [4.78, 5) is 2.72. The molecule has 0 aromatic carbocycles. The second-order valence-electron chi connectivity index (χ2n) is 9.01. The Kier molecular flexibility index (Phi) is 5.41. The highest BCUT2D eigenvalue weighted by atomic mass is 15.2. The van der Waals surface area contributed by atoms with Gasteiger partial charge in [0.15, 0.2) is 0 Å². The zero-order valence-corrected chi connectivity index (χ0v) is 15.1. The smallest absolute Gasteiger partial charge is 0.0331 e. The zero-order valence-electron chi connectivity index (χ0n) is 15.1. The standard InChI is InChI=1S/C19H38N2/c1-15-8-6-7-9-17(15)21(5)19(14-20)12-10-16(11-13-19)18(2,3)4/h15-17H,6-14,20H2,1-5H3. The van der Waals surface area contributed by atoms with Crippen molar-refractivity contribution in [1.29, 1.82) is 0 Å². The van der Waals surface area contributed by atoms with E-state index in [9.17, 15) is 0 Å². The molecule has 0 radical (unpaired) electrons. The summed E-state index contributed by atoms with van der Waals surface area (Å²) in [6.45, 7) is 10.5. The van der Waals surface area contributed by atoms with Gasteiger partial charge in [-0.2, -0.15) is 0 Å². The van der Waals surface area contributed by atoms with Crippen molar-refractivity contribution in [2.75, 3.05) is 13.6 Å². The fraction of sp³-hybridized carbons (Fsp3) is 1.00. The third-order valence-corrected chi connectivity index (χ3v) is 6.83. The molecule has 2 aliphatic rings. The van der Waals surface area contributed by atoms with Gasteiger partial charge in [-0.1, -0.05) is 40.5 Å². The molecule has 0 bridgehead atoms. The van der Waals surface area contributed by atoms with Gasteiger partial charge in [-0.3, -0.25) is 4.90 Å². The predicted molar refractivity (Wildman–Crippen MR) is 92.4 cm³/mol. The summed E-state index contributed by atoms with van der Waals surface area (Å²) in [5.74, 6) is 1.71. The van der Waals surface area contributed by atoms with Gasteiger partial charge in [0.05, 0.1) is 0 Å². The Hall–Kier alpha value is -0.0800. The monoisotopic (exact) mass is 294 g/mol. The molecule has 2 unspecified atom stereocenters. The van der Waals surface area contributed by atoms with E-state index >= 15 is 0 Å². The number of likely N-dealkylation sites (N-methyl/N-ethyl adjacent to an activating group) is 1. The van der Waals surface area contributed by atoms with Gasteiger partial charge in [0, 0.05) is 18.1 Å². The molecule has 2 rings (SSSR count). The molecule has 0 aromatic rings. The number of rotatable bonds is 3. The summed E-state index contributed by atoms with van der Waals surface area (Å²) in [6.07, 6.45) is 10.9. The molecule has 0 heterocycles. The van der Waals surface area contributed by atoms with E-state index in [4.69, 9.17) is 5.73 Å². The molecule has 0 saturated heterocycles. The van der Waals surface area contributed by atoms with Crippen LogP contribution in [0.1, 0.15) is 79.1 Å². The molecule has 0 spiro atoms. The first kappa shape index (κ1) is 17.3. The average Bonchev–Trinajstić information content (AvgIpc) is 2.46. The Morgan fingerprint density at radius 1 is 1.05 bits per heavy atom. The SMILES string of the molecule is CC1CCCCC1N(C)C1(CN)CCC(C(C)(C)C)CC1.